The molecule has 21 heavy (non-hydrogen) atoms. The largest absolute Gasteiger partial charge is 0.477 e. The van der Waals surface area contributed by atoms with Crippen LogP contribution in [-0.4, -0.2) is 24.2 Å². The first-order valence-corrected chi connectivity index (χ1v) is 6.59. The van der Waals surface area contributed by atoms with E-state index in [-0.39, 0.29) is 5.57 Å². The van der Waals surface area contributed by atoms with Crippen LogP contribution in [0.1, 0.15) is 13.8 Å². The average Bonchev–Trinajstić information content (AvgIpc) is 2.93. The molecule has 0 aromatic heterocycles. The zero-order valence-corrected chi connectivity index (χ0v) is 12.2. The molecule has 1 saturated heterocycles. The van der Waals surface area contributed by atoms with Gasteiger partial charge in [-0.1, -0.05) is 24.3 Å². The molecule has 3 N–H and O–H groups in total. The Balaban J connectivity index is 2.64. The second-order valence-corrected chi connectivity index (χ2v) is 4.59. The molecule has 0 amide bonds. The van der Waals surface area contributed by atoms with Crippen LogP contribution in [0.5, 0.6) is 0 Å². The van der Waals surface area contributed by atoms with Crippen LogP contribution in [0.3, 0.4) is 0 Å². The number of carboxylic acid groups (broad SMARTS) is 1. The van der Waals surface area contributed by atoms with E-state index in [2.05, 4.69) is 10.6 Å². The minimum atomic E-state index is -1.21. The van der Waals surface area contributed by atoms with Gasteiger partial charge >= 0.3 is 5.97 Å². The molecular formula is C16H19N3O2. The van der Waals surface area contributed by atoms with Gasteiger partial charge in [0.05, 0.1) is 5.82 Å². The molecule has 0 radical (unpaired) electrons. The summed E-state index contributed by atoms with van der Waals surface area (Å²) >= 11 is 0. The summed E-state index contributed by atoms with van der Waals surface area (Å²) in [4.78, 5) is 10.7. The molecule has 0 bridgehead atoms. The molecule has 0 spiro atoms. The van der Waals surface area contributed by atoms with Crippen LogP contribution < -0.4 is 10.6 Å². The molecule has 110 valence electrons. The van der Waals surface area contributed by atoms with Gasteiger partial charge in [0.1, 0.15) is 11.6 Å². The van der Waals surface area contributed by atoms with Gasteiger partial charge in [-0.15, -0.1) is 0 Å². The minimum Gasteiger partial charge on any atom is -0.477 e. The van der Waals surface area contributed by atoms with Gasteiger partial charge in [-0.25, -0.2) is 4.79 Å². The lowest BCUT2D eigenvalue weighted by Gasteiger charge is -1.98. The number of hydrogen-bond donors (Lipinski definition) is 3. The van der Waals surface area contributed by atoms with Crippen LogP contribution in [0.2, 0.25) is 0 Å². The van der Waals surface area contributed by atoms with E-state index in [0.29, 0.717) is 5.57 Å². The average molecular weight is 285 g/mol. The number of nitrogens with one attached hydrogen (secondary N) is 2. The lowest BCUT2D eigenvalue weighted by molar-refractivity contribution is -0.132. The highest BCUT2D eigenvalue weighted by molar-refractivity contribution is 5.91. The van der Waals surface area contributed by atoms with Crippen molar-refractivity contribution in [3.05, 3.63) is 59.0 Å². The molecule has 1 fully saturated rings. The fourth-order valence-corrected chi connectivity index (χ4v) is 1.67. The van der Waals surface area contributed by atoms with Crippen molar-refractivity contribution in [2.75, 3.05) is 13.1 Å². The Morgan fingerprint density at radius 3 is 2.29 bits per heavy atom. The van der Waals surface area contributed by atoms with Crippen molar-refractivity contribution in [2.24, 2.45) is 0 Å². The van der Waals surface area contributed by atoms with E-state index in [0.717, 1.165) is 24.5 Å². The number of allylic oxidation sites excluding steroid dienone is 8. The van der Waals surface area contributed by atoms with Crippen molar-refractivity contribution >= 4 is 5.97 Å². The third-order valence-electron chi connectivity index (χ3n) is 2.68. The zero-order valence-electron chi connectivity index (χ0n) is 12.2. The first kappa shape index (κ1) is 16.3. The van der Waals surface area contributed by atoms with Crippen molar-refractivity contribution in [3.8, 4) is 6.07 Å². The van der Waals surface area contributed by atoms with Crippen molar-refractivity contribution < 1.29 is 9.90 Å². The molecule has 5 nitrogen and oxygen atoms in total. The van der Waals surface area contributed by atoms with Gasteiger partial charge in [-0.2, -0.15) is 5.26 Å². The van der Waals surface area contributed by atoms with Crippen LogP contribution in [0.25, 0.3) is 0 Å². The molecule has 1 aliphatic rings. The van der Waals surface area contributed by atoms with E-state index < -0.39 is 5.97 Å². The standard InChI is InChI=1S/C16H19N3O2/c1-12(9-14(11-17)16(20)21)5-3-4-6-13(2)10-15-18-7-8-19-15/h3-6,9-10,18-19H,7-8H2,1-2H3,(H,20,21). The third-order valence-corrected chi connectivity index (χ3v) is 2.68. The minimum absolute atomic E-state index is 0.271. The fraction of sp³-hybridized carbons (Fsp3) is 0.250. The SMILES string of the molecule is CC(=CC=CC=C(C)C=C(C#N)C(=O)O)C=C1NCCN1. The molecule has 1 heterocycles. The number of aliphatic carboxylic acids is 1. The number of nitrogens with zero attached hydrogens (tertiary/aromatic N) is 1. The van der Waals surface area contributed by atoms with Crippen LogP contribution in [0, 0.1) is 11.3 Å². The van der Waals surface area contributed by atoms with Crippen LogP contribution in [0.15, 0.2) is 59.0 Å². The maximum atomic E-state index is 10.7. The predicted molar refractivity (Wildman–Crippen MR) is 82.1 cm³/mol. The Kier molecular flexibility index (Phi) is 6.55. The zero-order chi connectivity index (χ0) is 15.7. The quantitative estimate of drug-likeness (QED) is 0.409. The van der Waals surface area contributed by atoms with Gasteiger partial charge in [0.15, 0.2) is 0 Å². The summed E-state index contributed by atoms with van der Waals surface area (Å²) in [7, 11) is 0. The molecule has 1 aliphatic heterocycles. The van der Waals surface area contributed by atoms with Crippen molar-refractivity contribution in [1.82, 2.24) is 10.6 Å². The van der Waals surface area contributed by atoms with E-state index in [9.17, 15) is 4.79 Å². The van der Waals surface area contributed by atoms with Crippen LogP contribution >= 0.6 is 0 Å². The highest BCUT2D eigenvalue weighted by Gasteiger charge is 2.04. The van der Waals surface area contributed by atoms with E-state index in [1.807, 2.05) is 25.2 Å². The lowest BCUT2D eigenvalue weighted by atomic mass is 10.1. The number of hydrogen-bond acceptors (Lipinski definition) is 4. The van der Waals surface area contributed by atoms with E-state index >= 15 is 0 Å². The number of rotatable bonds is 5. The normalized spacial score (nSPS) is 16.4. The lowest BCUT2D eigenvalue weighted by Crippen LogP contribution is -2.09. The van der Waals surface area contributed by atoms with Crippen molar-refractivity contribution in [1.29, 1.82) is 5.26 Å². The molecule has 0 atom stereocenters. The first-order chi connectivity index (χ1) is 10.0. The van der Waals surface area contributed by atoms with Gasteiger partial charge in [-0.05, 0) is 37.1 Å². The Labute approximate surface area is 124 Å². The summed E-state index contributed by atoms with van der Waals surface area (Å²) in [6.07, 6.45) is 10.7. The Hall–Kier alpha value is -2.74. The van der Waals surface area contributed by atoms with Crippen molar-refractivity contribution in [2.45, 2.75) is 13.8 Å². The highest BCUT2D eigenvalue weighted by atomic mass is 16.4. The smallest absolute Gasteiger partial charge is 0.346 e. The Morgan fingerprint density at radius 2 is 1.76 bits per heavy atom. The summed E-state index contributed by atoms with van der Waals surface area (Å²) in [5.41, 5.74) is 1.52. The molecule has 0 saturated carbocycles. The summed E-state index contributed by atoms with van der Waals surface area (Å²) in [5, 5.41) is 23.8. The van der Waals surface area contributed by atoms with E-state index in [4.69, 9.17) is 10.4 Å². The second-order valence-electron chi connectivity index (χ2n) is 4.59. The van der Waals surface area contributed by atoms with Crippen molar-refractivity contribution in [3.63, 3.8) is 0 Å². The van der Waals surface area contributed by atoms with Gasteiger partial charge in [0.25, 0.3) is 0 Å². The molecule has 0 unspecified atom stereocenters. The third kappa shape index (κ3) is 6.30. The summed E-state index contributed by atoms with van der Waals surface area (Å²) < 4.78 is 0. The van der Waals surface area contributed by atoms with Gasteiger partial charge in [0.2, 0.25) is 0 Å². The molecule has 5 heteroatoms. The second kappa shape index (κ2) is 8.43. The summed E-state index contributed by atoms with van der Waals surface area (Å²) in [6.45, 7) is 5.62. The van der Waals surface area contributed by atoms with Crippen LogP contribution in [0.4, 0.5) is 0 Å². The molecule has 0 aromatic rings. The van der Waals surface area contributed by atoms with E-state index in [1.165, 1.54) is 6.08 Å². The predicted octanol–water partition coefficient (Wildman–Crippen LogP) is 2.00. The molecular weight excluding hydrogens is 266 g/mol. The first-order valence-electron chi connectivity index (χ1n) is 6.59. The molecule has 1 rings (SSSR count). The summed E-state index contributed by atoms with van der Waals surface area (Å²) in [5.74, 6) is -0.194. The highest BCUT2D eigenvalue weighted by Crippen LogP contribution is 2.03. The van der Waals surface area contributed by atoms with Gasteiger partial charge < -0.3 is 15.7 Å². The molecule has 0 aliphatic carbocycles. The topological polar surface area (TPSA) is 85.2 Å². The van der Waals surface area contributed by atoms with Gasteiger partial charge in [0, 0.05) is 13.1 Å². The Bertz CT molecular complexity index is 579. The van der Waals surface area contributed by atoms with E-state index in [1.54, 1.807) is 25.1 Å². The van der Waals surface area contributed by atoms with Crippen LogP contribution in [-0.2, 0) is 4.79 Å². The maximum Gasteiger partial charge on any atom is 0.346 e. The summed E-state index contributed by atoms with van der Waals surface area (Å²) in [6, 6.07) is 1.64. The maximum absolute atomic E-state index is 10.7. The number of carbonyl (C=O) groups is 1. The number of carboxylic acids is 1. The molecule has 0 aromatic carbocycles. The monoisotopic (exact) mass is 285 g/mol. The fourth-order valence-electron chi connectivity index (χ4n) is 1.67. The number of nitriles is 1. The van der Waals surface area contributed by atoms with Gasteiger partial charge in [-0.3, -0.25) is 0 Å². The Morgan fingerprint density at radius 1 is 1.19 bits per heavy atom.